The van der Waals surface area contributed by atoms with Gasteiger partial charge in [0.2, 0.25) is 11.3 Å². The van der Waals surface area contributed by atoms with Gasteiger partial charge in [-0.15, -0.1) is 0 Å². The van der Waals surface area contributed by atoms with E-state index in [0.717, 1.165) is 0 Å². The highest BCUT2D eigenvalue weighted by atomic mass is 79.9. The first-order chi connectivity index (χ1) is 9.06. The molecule has 1 rings (SSSR count). The fraction of sp³-hybridized carbons (Fsp3) is 0.0909. The van der Waals surface area contributed by atoms with Gasteiger partial charge in [0, 0.05) is 11.4 Å². The molecular weight excluding hydrogens is 316 g/mol. The van der Waals surface area contributed by atoms with E-state index in [9.17, 15) is 9.59 Å². The van der Waals surface area contributed by atoms with E-state index in [0.29, 0.717) is 17.6 Å². The molecule has 7 nitrogen and oxygen atoms in total. The van der Waals surface area contributed by atoms with E-state index < -0.39 is 11.7 Å². The van der Waals surface area contributed by atoms with Crippen LogP contribution in [0, 0.1) is 5.39 Å². The SMILES string of the molecule is N#[N+]/C=C(/O)C(=O)Nc1ccc(NC(=O)CBr)cc1. The maximum absolute atomic E-state index is 11.3. The smallest absolute Gasteiger partial charge is 0.397 e. The predicted molar refractivity (Wildman–Crippen MR) is 73.3 cm³/mol. The van der Waals surface area contributed by atoms with Crippen molar-refractivity contribution in [2.24, 2.45) is 0 Å². The molecule has 0 saturated carbocycles. The lowest BCUT2D eigenvalue weighted by atomic mass is 10.2. The molecule has 0 spiro atoms. The first-order valence-electron chi connectivity index (χ1n) is 5.07. The molecule has 3 N–H and O–H groups in total. The molecule has 0 unspecified atom stereocenters. The van der Waals surface area contributed by atoms with Gasteiger partial charge in [-0.1, -0.05) is 15.9 Å². The molecular formula is C11H10BrN4O3+. The molecule has 0 aliphatic rings. The summed E-state index contributed by atoms with van der Waals surface area (Å²) >= 11 is 3.02. The fourth-order valence-corrected chi connectivity index (χ4v) is 1.28. The van der Waals surface area contributed by atoms with Crippen LogP contribution in [0.15, 0.2) is 36.2 Å². The topological polar surface area (TPSA) is 107 Å². The van der Waals surface area contributed by atoms with Crippen molar-refractivity contribution in [3.63, 3.8) is 0 Å². The summed E-state index contributed by atoms with van der Waals surface area (Å²) in [5, 5.41) is 22.4. The Morgan fingerprint density at radius 2 is 1.79 bits per heavy atom. The number of hydrogen-bond acceptors (Lipinski definition) is 4. The zero-order chi connectivity index (χ0) is 14.3. The minimum Gasteiger partial charge on any atom is -0.498 e. The van der Waals surface area contributed by atoms with Crippen molar-refractivity contribution in [1.29, 1.82) is 5.39 Å². The van der Waals surface area contributed by atoms with Gasteiger partial charge in [-0.2, -0.15) is 0 Å². The molecule has 0 aliphatic carbocycles. The number of aliphatic hydroxyl groups is 1. The Hall–Kier alpha value is -2.40. The van der Waals surface area contributed by atoms with E-state index in [2.05, 4.69) is 31.5 Å². The number of hydrogen-bond donors (Lipinski definition) is 3. The highest BCUT2D eigenvalue weighted by Crippen LogP contribution is 2.14. The molecule has 0 saturated heterocycles. The second-order valence-corrected chi connectivity index (χ2v) is 3.90. The number of carbonyl (C=O) groups is 2. The van der Waals surface area contributed by atoms with E-state index in [1.54, 1.807) is 24.3 Å². The van der Waals surface area contributed by atoms with Crippen molar-refractivity contribution < 1.29 is 14.7 Å². The third-order valence-electron chi connectivity index (χ3n) is 1.96. The Morgan fingerprint density at radius 1 is 1.26 bits per heavy atom. The van der Waals surface area contributed by atoms with Crippen molar-refractivity contribution in [3.8, 4) is 0 Å². The number of rotatable bonds is 4. The van der Waals surface area contributed by atoms with Gasteiger partial charge in [-0.25, -0.2) is 0 Å². The van der Waals surface area contributed by atoms with Crippen LogP contribution >= 0.6 is 15.9 Å². The lowest BCUT2D eigenvalue weighted by Gasteiger charge is -2.05. The molecule has 0 radical (unpaired) electrons. The maximum Gasteiger partial charge on any atom is 0.397 e. The van der Waals surface area contributed by atoms with Gasteiger partial charge in [0.15, 0.2) is 4.98 Å². The highest BCUT2D eigenvalue weighted by Gasteiger charge is 2.12. The van der Waals surface area contributed by atoms with Crippen LogP contribution in [0.2, 0.25) is 0 Å². The van der Waals surface area contributed by atoms with Gasteiger partial charge < -0.3 is 15.7 Å². The minimum absolute atomic E-state index is 0.189. The van der Waals surface area contributed by atoms with Gasteiger partial charge in [-0.3, -0.25) is 9.59 Å². The minimum atomic E-state index is -0.810. The van der Waals surface area contributed by atoms with Crippen LogP contribution in [-0.2, 0) is 9.59 Å². The lowest BCUT2D eigenvalue weighted by molar-refractivity contribution is -0.115. The summed E-state index contributed by atoms with van der Waals surface area (Å²) in [6, 6.07) is 6.27. The van der Waals surface area contributed by atoms with Crippen LogP contribution in [0.4, 0.5) is 11.4 Å². The summed E-state index contributed by atoms with van der Waals surface area (Å²) in [4.78, 5) is 25.0. The largest absolute Gasteiger partial charge is 0.498 e. The number of carbonyl (C=O) groups excluding carboxylic acids is 2. The van der Waals surface area contributed by atoms with Crippen LogP contribution in [-0.4, -0.2) is 22.3 Å². The summed E-state index contributed by atoms with van der Waals surface area (Å²) in [7, 11) is 0. The number of anilines is 2. The van der Waals surface area contributed by atoms with Gasteiger partial charge in [0.05, 0.1) is 5.33 Å². The molecule has 1 aromatic carbocycles. The summed E-state index contributed by atoms with van der Waals surface area (Å²) in [5.74, 6) is -1.73. The van der Waals surface area contributed by atoms with E-state index in [4.69, 9.17) is 10.5 Å². The van der Waals surface area contributed by atoms with E-state index in [1.165, 1.54) is 0 Å². The summed E-state index contributed by atoms with van der Waals surface area (Å²) < 4.78 is 0. The molecule has 0 atom stereocenters. The fourth-order valence-electron chi connectivity index (χ4n) is 1.14. The summed E-state index contributed by atoms with van der Waals surface area (Å²) in [6.45, 7) is 0. The van der Waals surface area contributed by atoms with Gasteiger partial charge in [0.1, 0.15) is 0 Å². The van der Waals surface area contributed by atoms with Gasteiger partial charge in [0.25, 0.3) is 11.7 Å². The second kappa shape index (κ2) is 7.13. The van der Waals surface area contributed by atoms with Crippen molar-refractivity contribution in [3.05, 3.63) is 41.2 Å². The number of alkyl halides is 1. The average molecular weight is 326 g/mol. The number of diazo groups is 1. The first kappa shape index (κ1) is 14.7. The lowest BCUT2D eigenvalue weighted by Crippen LogP contribution is -2.14. The monoisotopic (exact) mass is 325 g/mol. The molecule has 0 bridgehead atoms. The first-order valence-corrected chi connectivity index (χ1v) is 6.19. The second-order valence-electron chi connectivity index (χ2n) is 3.34. The zero-order valence-corrected chi connectivity index (χ0v) is 11.2. The van der Waals surface area contributed by atoms with Crippen molar-refractivity contribution in [2.75, 3.05) is 16.0 Å². The predicted octanol–water partition coefficient (Wildman–Crippen LogP) is 2.21. The Kier molecular flexibility index (Phi) is 5.50. The summed E-state index contributed by atoms with van der Waals surface area (Å²) in [5.41, 5.74) is 0.993. The molecule has 2 amide bonds. The van der Waals surface area contributed by atoms with Crippen LogP contribution in [0.1, 0.15) is 0 Å². The number of aliphatic hydroxyl groups excluding tert-OH is 1. The molecule has 0 fully saturated rings. The number of amides is 2. The molecule has 98 valence electrons. The molecule has 0 heterocycles. The van der Waals surface area contributed by atoms with E-state index in [1.807, 2.05) is 0 Å². The molecule has 0 aromatic heterocycles. The molecule has 1 aromatic rings. The van der Waals surface area contributed by atoms with E-state index in [-0.39, 0.29) is 11.2 Å². The molecule has 19 heavy (non-hydrogen) atoms. The van der Waals surface area contributed by atoms with Crippen LogP contribution in [0.3, 0.4) is 0 Å². The zero-order valence-electron chi connectivity index (χ0n) is 9.63. The van der Waals surface area contributed by atoms with Crippen LogP contribution < -0.4 is 10.6 Å². The summed E-state index contributed by atoms with van der Waals surface area (Å²) in [6.07, 6.45) is 0.611. The van der Waals surface area contributed by atoms with Gasteiger partial charge >= 0.3 is 6.20 Å². The maximum atomic E-state index is 11.3. The normalized spacial score (nSPS) is 10.4. The average Bonchev–Trinajstić information content (AvgIpc) is 2.41. The van der Waals surface area contributed by atoms with Crippen LogP contribution in [0.5, 0.6) is 0 Å². The van der Waals surface area contributed by atoms with Crippen molar-refractivity contribution in [1.82, 2.24) is 0 Å². The molecule has 0 aliphatic heterocycles. The Balaban J connectivity index is 2.68. The Labute approximate surface area is 117 Å². The third-order valence-corrected chi connectivity index (χ3v) is 2.47. The van der Waals surface area contributed by atoms with Crippen molar-refractivity contribution >= 4 is 39.1 Å². The standard InChI is InChI=1S/C11H9BrN4O3/c12-5-10(18)15-7-1-3-8(4-2-7)16-11(19)9(17)6-14-13/h1-4,6,13,17H,5H2/p+1/b9-6+. The van der Waals surface area contributed by atoms with Crippen LogP contribution in [0.25, 0.3) is 4.98 Å². The quantitative estimate of drug-likeness (QED) is 0.341. The van der Waals surface area contributed by atoms with E-state index >= 15 is 0 Å². The number of nitrogens with one attached hydrogen (secondary N) is 2. The highest BCUT2D eigenvalue weighted by molar-refractivity contribution is 9.09. The van der Waals surface area contributed by atoms with Crippen molar-refractivity contribution in [2.45, 2.75) is 0 Å². The number of halogens is 1. The van der Waals surface area contributed by atoms with Gasteiger partial charge in [-0.05, 0) is 24.3 Å². The third kappa shape index (κ3) is 4.77. The number of nitrogens with zero attached hydrogens (tertiary/aromatic N) is 2. The Morgan fingerprint density at radius 3 is 2.26 bits per heavy atom. The molecule has 8 heteroatoms. The Bertz CT molecular complexity index is 548. The number of benzene rings is 1.